The van der Waals surface area contributed by atoms with Crippen molar-refractivity contribution < 1.29 is 9.26 Å². The van der Waals surface area contributed by atoms with Crippen molar-refractivity contribution in [1.82, 2.24) is 10.1 Å². The van der Waals surface area contributed by atoms with E-state index in [4.69, 9.17) is 15.0 Å². The van der Waals surface area contributed by atoms with Crippen LogP contribution >= 0.6 is 0 Å². The van der Waals surface area contributed by atoms with Crippen molar-refractivity contribution in [3.8, 4) is 0 Å². The van der Waals surface area contributed by atoms with E-state index in [1.807, 2.05) is 6.92 Å². The number of hydrogen-bond acceptors (Lipinski definition) is 5. The largest absolute Gasteiger partial charge is 0.370 e. The first-order valence-electron chi connectivity index (χ1n) is 7.50. The summed E-state index contributed by atoms with van der Waals surface area (Å²) in [5.74, 6) is 1.29. The third-order valence-electron chi connectivity index (χ3n) is 4.31. The molecule has 1 saturated carbocycles. The van der Waals surface area contributed by atoms with Gasteiger partial charge in [-0.2, -0.15) is 4.98 Å². The van der Waals surface area contributed by atoms with Crippen molar-refractivity contribution in [2.75, 3.05) is 6.61 Å². The summed E-state index contributed by atoms with van der Waals surface area (Å²) in [7, 11) is 0. The number of aromatic nitrogens is 2. The van der Waals surface area contributed by atoms with Gasteiger partial charge < -0.3 is 15.0 Å². The molecule has 0 amide bonds. The normalized spacial score (nSPS) is 28.8. The monoisotopic (exact) mass is 281 g/mol. The fraction of sp³-hybridized carbons (Fsp3) is 0.867. The van der Waals surface area contributed by atoms with Crippen LogP contribution in [0.3, 0.4) is 0 Å². The summed E-state index contributed by atoms with van der Waals surface area (Å²) < 4.78 is 11.3. The number of hydrogen-bond donors (Lipinski definition) is 1. The molecule has 1 aliphatic rings. The topological polar surface area (TPSA) is 74.2 Å². The summed E-state index contributed by atoms with van der Waals surface area (Å²) in [6.45, 7) is 11.1. The van der Waals surface area contributed by atoms with Gasteiger partial charge in [-0.1, -0.05) is 32.3 Å². The average molecular weight is 281 g/mol. The van der Waals surface area contributed by atoms with Crippen LogP contribution in [0.5, 0.6) is 0 Å². The van der Waals surface area contributed by atoms with Gasteiger partial charge in [-0.25, -0.2) is 0 Å². The van der Waals surface area contributed by atoms with Crippen molar-refractivity contribution in [3.05, 3.63) is 11.7 Å². The van der Waals surface area contributed by atoms with Crippen LogP contribution in [0.4, 0.5) is 0 Å². The highest BCUT2D eigenvalue weighted by atomic mass is 16.5. The first-order chi connectivity index (χ1) is 9.29. The predicted molar refractivity (Wildman–Crippen MR) is 77.3 cm³/mol. The number of nitrogens with two attached hydrogens (primary N) is 1. The summed E-state index contributed by atoms with van der Waals surface area (Å²) in [6.07, 6.45) is 2.97. The molecule has 1 fully saturated rings. The van der Waals surface area contributed by atoms with Crippen LogP contribution in [0.2, 0.25) is 0 Å². The fourth-order valence-electron chi connectivity index (χ4n) is 2.91. The van der Waals surface area contributed by atoms with Crippen LogP contribution in [0.15, 0.2) is 4.52 Å². The van der Waals surface area contributed by atoms with Gasteiger partial charge in [-0.15, -0.1) is 0 Å². The first-order valence-corrected chi connectivity index (χ1v) is 7.50. The van der Waals surface area contributed by atoms with E-state index < -0.39 is 0 Å². The SMILES string of the molecule is CCOC(c1noc(C2(C)CCCC2N)n1)C(C)(C)C. The molecule has 5 nitrogen and oxygen atoms in total. The number of rotatable bonds is 4. The van der Waals surface area contributed by atoms with Crippen molar-refractivity contribution in [3.63, 3.8) is 0 Å². The van der Waals surface area contributed by atoms with Gasteiger partial charge in [-0.3, -0.25) is 0 Å². The molecule has 5 heteroatoms. The molecule has 20 heavy (non-hydrogen) atoms. The molecule has 0 aliphatic heterocycles. The maximum Gasteiger partial charge on any atom is 0.234 e. The van der Waals surface area contributed by atoms with Gasteiger partial charge in [0.25, 0.3) is 0 Å². The van der Waals surface area contributed by atoms with Crippen molar-refractivity contribution in [1.29, 1.82) is 0 Å². The molecular weight excluding hydrogens is 254 g/mol. The van der Waals surface area contributed by atoms with E-state index in [1.165, 1.54) is 0 Å². The summed E-state index contributed by atoms with van der Waals surface area (Å²) in [4.78, 5) is 4.62. The van der Waals surface area contributed by atoms with Crippen LogP contribution < -0.4 is 5.73 Å². The smallest absolute Gasteiger partial charge is 0.234 e. The lowest BCUT2D eigenvalue weighted by Crippen LogP contribution is -2.38. The molecule has 3 unspecified atom stereocenters. The van der Waals surface area contributed by atoms with Gasteiger partial charge in [0, 0.05) is 12.6 Å². The van der Waals surface area contributed by atoms with Gasteiger partial charge in [-0.05, 0) is 32.1 Å². The van der Waals surface area contributed by atoms with Crippen molar-refractivity contribution >= 4 is 0 Å². The Bertz CT molecular complexity index is 452. The molecule has 3 atom stereocenters. The van der Waals surface area contributed by atoms with Crippen LogP contribution in [0.1, 0.15) is 71.7 Å². The second kappa shape index (κ2) is 5.45. The lowest BCUT2D eigenvalue weighted by molar-refractivity contribution is -0.0203. The van der Waals surface area contributed by atoms with Crippen LogP contribution in [0.25, 0.3) is 0 Å². The Balaban J connectivity index is 2.28. The fourth-order valence-corrected chi connectivity index (χ4v) is 2.91. The molecule has 0 aromatic carbocycles. The van der Waals surface area contributed by atoms with Gasteiger partial charge in [0.15, 0.2) is 0 Å². The highest BCUT2D eigenvalue weighted by Crippen LogP contribution is 2.40. The van der Waals surface area contributed by atoms with E-state index in [-0.39, 0.29) is 23.0 Å². The Morgan fingerprint density at radius 1 is 1.50 bits per heavy atom. The van der Waals surface area contributed by atoms with Crippen molar-refractivity contribution in [2.24, 2.45) is 11.1 Å². The van der Waals surface area contributed by atoms with Gasteiger partial charge >= 0.3 is 0 Å². The van der Waals surface area contributed by atoms with Crippen LogP contribution in [0, 0.1) is 5.41 Å². The standard InChI is InChI=1S/C15H27N3O2/c1-6-19-11(14(2,3)4)12-17-13(20-18-12)15(5)9-7-8-10(15)16/h10-11H,6-9,16H2,1-5H3. The Hall–Kier alpha value is -0.940. The Morgan fingerprint density at radius 3 is 2.70 bits per heavy atom. The van der Waals surface area contributed by atoms with Crippen LogP contribution in [-0.4, -0.2) is 22.8 Å². The van der Waals surface area contributed by atoms with E-state index in [1.54, 1.807) is 0 Å². The minimum absolute atomic E-state index is 0.0736. The molecule has 0 spiro atoms. The molecule has 1 aromatic heterocycles. The summed E-state index contributed by atoms with van der Waals surface area (Å²) in [6, 6.07) is 0.0935. The Labute approximate surface area is 121 Å². The maximum absolute atomic E-state index is 6.22. The first kappa shape index (κ1) is 15.4. The Kier molecular flexibility index (Phi) is 4.21. The van der Waals surface area contributed by atoms with E-state index >= 15 is 0 Å². The molecule has 1 aromatic rings. The molecule has 0 bridgehead atoms. The third kappa shape index (κ3) is 2.74. The van der Waals surface area contributed by atoms with Gasteiger partial charge in [0.05, 0.1) is 5.41 Å². The summed E-state index contributed by atoms with van der Waals surface area (Å²) in [5, 5.41) is 4.16. The average Bonchev–Trinajstić information content (AvgIpc) is 2.94. The Morgan fingerprint density at radius 2 is 2.20 bits per heavy atom. The molecule has 0 saturated heterocycles. The second-order valence-electron chi connectivity index (χ2n) is 7.08. The van der Waals surface area contributed by atoms with Gasteiger partial charge in [0.1, 0.15) is 6.10 Å². The quantitative estimate of drug-likeness (QED) is 0.918. The minimum atomic E-state index is -0.195. The molecule has 1 heterocycles. The third-order valence-corrected chi connectivity index (χ3v) is 4.31. The molecule has 114 valence electrons. The molecule has 2 rings (SSSR count). The highest BCUT2D eigenvalue weighted by Gasteiger charge is 2.43. The lowest BCUT2D eigenvalue weighted by Gasteiger charge is -2.27. The second-order valence-corrected chi connectivity index (χ2v) is 7.08. The van der Waals surface area contributed by atoms with E-state index in [0.717, 1.165) is 19.3 Å². The zero-order valence-corrected chi connectivity index (χ0v) is 13.3. The molecule has 2 N–H and O–H groups in total. The molecular formula is C15H27N3O2. The van der Waals surface area contributed by atoms with E-state index in [0.29, 0.717) is 18.3 Å². The van der Waals surface area contributed by atoms with E-state index in [2.05, 4.69) is 37.8 Å². The minimum Gasteiger partial charge on any atom is -0.370 e. The zero-order chi connectivity index (χ0) is 15.0. The van der Waals surface area contributed by atoms with Gasteiger partial charge in [0.2, 0.25) is 11.7 Å². The summed E-state index contributed by atoms with van der Waals surface area (Å²) >= 11 is 0. The maximum atomic E-state index is 6.22. The number of nitrogens with zero attached hydrogens (tertiary/aromatic N) is 2. The summed E-state index contributed by atoms with van der Waals surface area (Å²) in [5.41, 5.74) is 5.95. The number of ether oxygens (including phenoxy) is 1. The molecule has 1 aliphatic carbocycles. The highest BCUT2D eigenvalue weighted by molar-refractivity contribution is 5.12. The lowest BCUT2D eigenvalue weighted by atomic mass is 9.85. The van der Waals surface area contributed by atoms with E-state index in [9.17, 15) is 0 Å². The van der Waals surface area contributed by atoms with Crippen LogP contribution in [-0.2, 0) is 10.2 Å². The predicted octanol–water partition coefficient (Wildman–Crippen LogP) is 2.96. The molecule has 0 radical (unpaired) electrons. The zero-order valence-electron chi connectivity index (χ0n) is 13.3. The van der Waals surface area contributed by atoms with Crippen molar-refractivity contribution in [2.45, 2.75) is 71.4 Å².